The third-order valence-electron chi connectivity index (χ3n) is 5.41. The standard InChI is InChI=1S/C24H22F5N3O2/c25-18-7-8-21(19(26)12-18)34-14-15-3-1-4-17(11-15)23(33)30-9-2-10-32-20(16-5-6-16)13-22(31-32)24(27,28)29/h1,3-4,7-8,11-13,16H,2,5-6,9-10,14H2,(H,30,33). The van der Waals surface area contributed by atoms with E-state index in [2.05, 4.69) is 10.4 Å². The van der Waals surface area contributed by atoms with Gasteiger partial charge in [0.15, 0.2) is 17.3 Å². The minimum atomic E-state index is -4.49. The monoisotopic (exact) mass is 479 g/mol. The Morgan fingerprint density at radius 1 is 1.12 bits per heavy atom. The van der Waals surface area contributed by atoms with Crippen LogP contribution in [0.1, 0.15) is 52.5 Å². The van der Waals surface area contributed by atoms with Crippen molar-refractivity contribution < 1.29 is 31.5 Å². The van der Waals surface area contributed by atoms with Crippen LogP contribution in [0.4, 0.5) is 22.0 Å². The van der Waals surface area contributed by atoms with Gasteiger partial charge in [0.2, 0.25) is 0 Å². The van der Waals surface area contributed by atoms with Crippen LogP contribution in [-0.4, -0.2) is 22.2 Å². The van der Waals surface area contributed by atoms with Crippen LogP contribution < -0.4 is 10.1 Å². The molecule has 4 rings (SSSR count). The molecule has 0 atom stereocenters. The zero-order valence-electron chi connectivity index (χ0n) is 18.0. The molecule has 180 valence electrons. The van der Waals surface area contributed by atoms with Gasteiger partial charge >= 0.3 is 6.18 Å². The zero-order valence-corrected chi connectivity index (χ0v) is 18.0. The number of amides is 1. The molecule has 1 amide bonds. The molecule has 0 unspecified atom stereocenters. The Hall–Kier alpha value is -3.43. The van der Waals surface area contributed by atoms with Gasteiger partial charge in [-0.2, -0.15) is 18.3 Å². The van der Waals surface area contributed by atoms with Crippen LogP contribution in [0.15, 0.2) is 48.5 Å². The van der Waals surface area contributed by atoms with Crippen molar-refractivity contribution in [1.82, 2.24) is 15.1 Å². The second kappa shape index (κ2) is 9.82. The highest BCUT2D eigenvalue weighted by Gasteiger charge is 2.37. The maximum atomic E-state index is 13.7. The van der Waals surface area contributed by atoms with Gasteiger partial charge < -0.3 is 10.1 Å². The molecule has 0 radical (unpaired) electrons. The molecule has 10 heteroatoms. The minimum Gasteiger partial charge on any atom is -0.486 e. The predicted octanol–water partition coefficient (Wildman–Crippen LogP) is 5.46. The third kappa shape index (κ3) is 5.92. The Morgan fingerprint density at radius 2 is 1.91 bits per heavy atom. The number of ether oxygens (including phenoxy) is 1. The number of benzene rings is 2. The Morgan fingerprint density at radius 3 is 2.62 bits per heavy atom. The Bertz CT molecular complexity index is 1170. The summed E-state index contributed by atoms with van der Waals surface area (Å²) in [5.74, 6) is -1.87. The third-order valence-corrected chi connectivity index (χ3v) is 5.41. The molecule has 0 bridgehead atoms. The van der Waals surface area contributed by atoms with Crippen molar-refractivity contribution >= 4 is 5.91 Å². The van der Waals surface area contributed by atoms with Crippen molar-refractivity contribution in [3.63, 3.8) is 0 Å². The molecule has 0 spiro atoms. The van der Waals surface area contributed by atoms with Crippen molar-refractivity contribution in [3.8, 4) is 5.75 Å². The highest BCUT2D eigenvalue weighted by Crippen LogP contribution is 2.42. The number of carbonyl (C=O) groups excluding carboxylic acids is 1. The topological polar surface area (TPSA) is 56.2 Å². The van der Waals surface area contributed by atoms with Crippen molar-refractivity contribution in [2.75, 3.05) is 6.54 Å². The fourth-order valence-electron chi connectivity index (χ4n) is 3.55. The number of nitrogens with zero attached hydrogens (tertiary/aromatic N) is 2. The van der Waals surface area contributed by atoms with Crippen LogP contribution in [0.2, 0.25) is 0 Å². The van der Waals surface area contributed by atoms with E-state index in [1.54, 1.807) is 24.3 Å². The first-order valence-corrected chi connectivity index (χ1v) is 10.8. The van der Waals surface area contributed by atoms with E-state index >= 15 is 0 Å². The van der Waals surface area contributed by atoms with E-state index in [0.29, 0.717) is 23.2 Å². The number of hydrogen-bond acceptors (Lipinski definition) is 3. The molecule has 1 fully saturated rings. The molecule has 1 N–H and O–H groups in total. The second-order valence-electron chi connectivity index (χ2n) is 8.12. The first-order valence-electron chi connectivity index (χ1n) is 10.8. The summed E-state index contributed by atoms with van der Waals surface area (Å²) in [5, 5.41) is 6.45. The van der Waals surface area contributed by atoms with Gasteiger partial charge in [-0.05, 0) is 55.2 Å². The Labute approximate surface area is 192 Å². The van der Waals surface area contributed by atoms with Gasteiger partial charge in [-0.15, -0.1) is 0 Å². The smallest absolute Gasteiger partial charge is 0.435 e. The quantitative estimate of drug-likeness (QED) is 0.328. The van der Waals surface area contributed by atoms with Gasteiger partial charge in [0.1, 0.15) is 12.4 Å². The largest absolute Gasteiger partial charge is 0.486 e. The number of rotatable bonds is 9. The van der Waals surface area contributed by atoms with Crippen LogP contribution in [0, 0.1) is 11.6 Å². The maximum Gasteiger partial charge on any atom is 0.435 e. The Kier molecular flexibility index (Phi) is 6.85. The molecule has 1 aliphatic rings. The molecule has 0 aliphatic heterocycles. The molecule has 5 nitrogen and oxygen atoms in total. The lowest BCUT2D eigenvalue weighted by atomic mass is 10.1. The van der Waals surface area contributed by atoms with E-state index in [1.165, 1.54) is 10.7 Å². The molecule has 1 aromatic heterocycles. The fraction of sp³-hybridized carbons (Fsp3) is 0.333. The fourth-order valence-corrected chi connectivity index (χ4v) is 3.55. The van der Waals surface area contributed by atoms with Crippen LogP contribution in [0.25, 0.3) is 0 Å². The molecule has 1 saturated carbocycles. The lowest BCUT2D eigenvalue weighted by Gasteiger charge is -2.10. The van der Waals surface area contributed by atoms with E-state index in [1.807, 2.05) is 0 Å². The lowest BCUT2D eigenvalue weighted by Crippen LogP contribution is -2.25. The summed E-state index contributed by atoms with van der Waals surface area (Å²) < 4.78 is 72.4. The first-order chi connectivity index (χ1) is 16.2. The van der Waals surface area contributed by atoms with Crippen molar-refractivity contribution in [2.24, 2.45) is 0 Å². The van der Waals surface area contributed by atoms with E-state index in [9.17, 15) is 26.7 Å². The molecule has 34 heavy (non-hydrogen) atoms. The molecule has 3 aromatic rings. The molecular formula is C24H22F5N3O2. The van der Waals surface area contributed by atoms with Crippen molar-refractivity contribution in [2.45, 2.75) is 44.5 Å². The van der Waals surface area contributed by atoms with E-state index in [-0.39, 0.29) is 37.3 Å². The van der Waals surface area contributed by atoms with Gasteiger partial charge in [-0.3, -0.25) is 9.48 Å². The van der Waals surface area contributed by atoms with Gasteiger partial charge in [-0.25, -0.2) is 8.78 Å². The van der Waals surface area contributed by atoms with Crippen molar-refractivity contribution in [3.05, 3.63) is 82.7 Å². The predicted molar refractivity (Wildman–Crippen MR) is 113 cm³/mol. The van der Waals surface area contributed by atoms with E-state index in [0.717, 1.165) is 31.0 Å². The summed E-state index contributed by atoms with van der Waals surface area (Å²) in [5.41, 5.74) is 0.668. The number of nitrogens with one attached hydrogen (secondary N) is 1. The number of carbonyl (C=O) groups is 1. The van der Waals surface area contributed by atoms with Gasteiger partial charge in [0, 0.05) is 36.3 Å². The first kappa shape index (κ1) is 23.7. The van der Waals surface area contributed by atoms with Gasteiger partial charge in [0.25, 0.3) is 5.91 Å². The van der Waals surface area contributed by atoms with Crippen molar-refractivity contribution in [1.29, 1.82) is 0 Å². The van der Waals surface area contributed by atoms with Gasteiger partial charge in [0.05, 0.1) is 0 Å². The number of alkyl halides is 3. The summed E-state index contributed by atoms with van der Waals surface area (Å²) in [6, 6.07) is 10.7. The molecule has 2 aromatic carbocycles. The van der Waals surface area contributed by atoms with Crippen LogP contribution in [0.5, 0.6) is 5.75 Å². The minimum absolute atomic E-state index is 0.0194. The number of hydrogen-bond donors (Lipinski definition) is 1. The molecular weight excluding hydrogens is 457 g/mol. The number of aromatic nitrogens is 2. The van der Waals surface area contributed by atoms with Crippen LogP contribution in [-0.2, 0) is 19.3 Å². The average molecular weight is 479 g/mol. The highest BCUT2D eigenvalue weighted by molar-refractivity contribution is 5.94. The van der Waals surface area contributed by atoms with Crippen LogP contribution >= 0.6 is 0 Å². The summed E-state index contributed by atoms with van der Waals surface area (Å²) in [6.45, 7) is 0.499. The van der Waals surface area contributed by atoms with E-state index in [4.69, 9.17) is 4.74 Å². The summed E-state index contributed by atoms with van der Waals surface area (Å²) in [7, 11) is 0. The molecule has 1 aliphatic carbocycles. The highest BCUT2D eigenvalue weighted by atomic mass is 19.4. The van der Waals surface area contributed by atoms with Gasteiger partial charge in [-0.1, -0.05) is 12.1 Å². The molecule has 0 saturated heterocycles. The zero-order chi connectivity index (χ0) is 24.3. The van der Waals surface area contributed by atoms with E-state index < -0.39 is 23.5 Å². The number of halogens is 5. The second-order valence-corrected chi connectivity index (χ2v) is 8.12. The average Bonchev–Trinajstić information content (AvgIpc) is 3.54. The lowest BCUT2D eigenvalue weighted by molar-refractivity contribution is -0.141. The number of aryl methyl sites for hydroxylation is 1. The SMILES string of the molecule is O=C(NCCCn1nc(C(F)(F)F)cc1C1CC1)c1cccc(COc2ccc(F)cc2F)c1. The summed E-state index contributed by atoms with van der Waals surface area (Å²) in [6.07, 6.45) is -2.36. The maximum absolute atomic E-state index is 13.7. The van der Waals surface area contributed by atoms with Crippen LogP contribution in [0.3, 0.4) is 0 Å². The summed E-state index contributed by atoms with van der Waals surface area (Å²) in [4.78, 5) is 12.5. The Balaban J connectivity index is 1.29. The molecule has 1 heterocycles. The normalized spacial score (nSPS) is 13.7. The summed E-state index contributed by atoms with van der Waals surface area (Å²) >= 11 is 0.